The van der Waals surface area contributed by atoms with Crippen molar-refractivity contribution in [2.75, 3.05) is 0 Å². The fourth-order valence-electron chi connectivity index (χ4n) is 1.87. The van der Waals surface area contributed by atoms with E-state index in [1.165, 1.54) is 21.2 Å². The molecule has 0 fully saturated rings. The lowest BCUT2D eigenvalue weighted by atomic mass is 10.2. The van der Waals surface area contributed by atoms with Gasteiger partial charge in [0.15, 0.2) is 0 Å². The van der Waals surface area contributed by atoms with Crippen molar-refractivity contribution < 1.29 is 4.90 Å². The molecule has 0 amide bonds. The van der Waals surface area contributed by atoms with Gasteiger partial charge in [0.1, 0.15) is 11.4 Å². The summed E-state index contributed by atoms with van der Waals surface area (Å²) in [5.41, 5.74) is 2.53. The van der Waals surface area contributed by atoms with Crippen molar-refractivity contribution in [2.45, 2.75) is 9.79 Å². The van der Waals surface area contributed by atoms with E-state index < -0.39 is 0 Å². The molecule has 3 rings (SSSR count). The first kappa shape index (κ1) is 9.01. The molecule has 1 aliphatic rings. The standard InChI is InChI=1S/C13H11NS/c1-14-10-6-2-4-8-12(10)15-13-9-5-3-7-11(13)14/h2-9,14H,1H2. The van der Waals surface area contributed by atoms with Crippen molar-refractivity contribution in [1.82, 2.24) is 0 Å². The van der Waals surface area contributed by atoms with Crippen LogP contribution in [0.5, 0.6) is 0 Å². The monoisotopic (exact) mass is 213 g/mol. The van der Waals surface area contributed by atoms with Gasteiger partial charge >= 0.3 is 0 Å². The molecule has 74 valence electrons. The summed E-state index contributed by atoms with van der Waals surface area (Å²) < 4.78 is 0. The van der Waals surface area contributed by atoms with Crippen molar-refractivity contribution in [2.24, 2.45) is 0 Å². The molecule has 0 spiro atoms. The van der Waals surface area contributed by atoms with Crippen molar-refractivity contribution in [1.29, 1.82) is 0 Å². The molecular weight excluding hydrogens is 202 g/mol. The number of fused-ring (bicyclic) bond motifs is 2. The highest BCUT2D eigenvalue weighted by atomic mass is 32.2. The van der Waals surface area contributed by atoms with E-state index in [1.807, 2.05) is 11.8 Å². The van der Waals surface area contributed by atoms with Gasteiger partial charge in [-0.2, -0.15) is 0 Å². The van der Waals surface area contributed by atoms with Crippen LogP contribution in [-0.4, -0.2) is 0 Å². The molecule has 1 heterocycles. The Bertz CT molecular complexity index is 462. The Labute approximate surface area is 93.7 Å². The van der Waals surface area contributed by atoms with Crippen LogP contribution >= 0.6 is 11.8 Å². The predicted octanol–water partition coefficient (Wildman–Crippen LogP) is 2.79. The normalized spacial score (nSPS) is 14.5. The van der Waals surface area contributed by atoms with E-state index in [0.29, 0.717) is 0 Å². The summed E-state index contributed by atoms with van der Waals surface area (Å²) in [6.45, 7) is 0. The minimum Gasteiger partial charge on any atom is -0.400 e. The Morgan fingerprint density at radius 1 is 0.800 bits per heavy atom. The van der Waals surface area contributed by atoms with E-state index in [2.05, 4.69) is 55.6 Å². The third-order valence-corrected chi connectivity index (χ3v) is 3.80. The van der Waals surface area contributed by atoms with Crippen LogP contribution < -0.4 is 4.90 Å². The summed E-state index contributed by atoms with van der Waals surface area (Å²) in [4.78, 5) is 3.75. The smallest absolute Gasteiger partial charge is 0.123 e. The van der Waals surface area contributed by atoms with Crippen molar-refractivity contribution >= 4 is 23.1 Å². The molecule has 0 aromatic heterocycles. The molecule has 1 N–H and O–H groups in total. The molecule has 2 aromatic carbocycles. The van der Waals surface area contributed by atoms with E-state index in [0.717, 1.165) is 4.90 Å². The van der Waals surface area contributed by atoms with Crippen LogP contribution in [0.2, 0.25) is 0 Å². The Morgan fingerprint density at radius 3 is 1.80 bits per heavy atom. The maximum absolute atomic E-state index is 4.18. The second-order valence-electron chi connectivity index (χ2n) is 3.57. The molecular formula is C13H11NS. The van der Waals surface area contributed by atoms with Gasteiger partial charge < -0.3 is 4.90 Å². The SMILES string of the molecule is [CH2-][NH+]1c2ccccc2Sc2ccccc21. The summed E-state index contributed by atoms with van der Waals surface area (Å²) in [5, 5.41) is 0. The average Bonchev–Trinajstić information content (AvgIpc) is 2.30. The predicted molar refractivity (Wildman–Crippen MR) is 62.6 cm³/mol. The molecule has 2 aromatic rings. The first-order chi connectivity index (χ1) is 7.36. The lowest BCUT2D eigenvalue weighted by Crippen LogP contribution is -2.96. The molecule has 2 heteroatoms. The van der Waals surface area contributed by atoms with Gasteiger partial charge in [-0.15, -0.1) is 7.05 Å². The summed E-state index contributed by atoms with van der Waals surface area (Å²) in [6, 6.07) is 16.9. The molecule has 0 unspecified atom stereocenters. The maximum atomic E-state index is 4.18. The molecule has 1 aliphatic heterocycles. The first-order valence-electron chi connectivity index (χ1n) is 4.92. The summed E-state index contributed by atoms with van der Waals surface area (Å²) in [6.07, 6.45) is 0. The highest BCUT2D eigenvalue weighted by Crippen LogP contribution is 2.39. The number of para-hydroxylation sites is 2. The number of nitrogens with one attached hydrogen (secondary N) is 1. The fourth-order valence-corrected chi connectivity index (χ4v) is 3.01. The molecule has 0 bridgehead atoms. The second kappa shape index (κ2) is 3.40. The molecule has 0 saturated carbocycles. The van der Waals surface area contributed by atoms with Crippen LogP contribution in [0.15, 0.2) is 58.3 Å². The second-order valence-corrected chi connectivity index (χ2v) is 4.66. The van der Waals surface area contributed by atoms with Crippen LogP contribution in [0.1, 0.15) is 0 Å². The van der Waals surface area contributed by atoms with Crippen molar-refractivity contribution in [3.63, 3.8) is 0 Å². The number of hydrogen-bond donors (Lipinski definition) is 1. The van der Waals surface area contributed by atoms with E-state index in [4.69, 9.17) is 0 Å². The molecule has 15 heavy (non-hydrogen) atoms. The third kappa shape index (κ3) is 1.37. The topological polar surface area (TPSA) is 4.44 Å². The maximum Gasteiger partial charge on any atom is 0.123 e. The fraction of sp³-hybridized carbons (Fsp3) is 0. The van der Waals surface area contributed by atoms with Crippen LogP contribution in [0.3, 0.4) is 0 Å². The number of benzene rings is 2. The van der Waals surface area contributed by atoms with Crippen LogP contribution in [0.4, 0.5) is 11.4 Å². The van der Waals surface area contributed by atoms with Gasteiger partial charge in [-0.25, -0.2) is 0 Å². The molecule has 0 radical (unpaired) electrons. The Hall–Kier alpha value is -1.25. The van der Waals surface area contributed by atoms with Gasteiger partial charge in [0.05, 0.1) is 9.79 Å². The van der Waals surface area contributed by atoms with Crippen molar-refractivity contribution in [3.8, 4) is 0 Å². The largest absolute Gasteiger partial charge is 0.400 e. The average molecular weight is 213 g/mol. The van der Waals surface area contributed by atoms with Crippen LogP contribution in [0.25, 0.3) is 0 Å². The molecule has 0 aliphatic carbocycles. The van der Waals surface area contributed by atoms with Crippen LogP contribution in [-0.2, 0) is 0 Å². The van der Waals surface area contributed by atoms with Gasteiger partial charge in [-0.1, -0.05) is 36.0 Å². The Morgan fingerprint density at radius 2 is 1.27 bits per heavy atom. The summed E-state index contributed by atoms with van der Waals surface area (Å²) >= 11 is 1.83. The van der Waals surface area contributed by atoms with Crippen LogP contribution in [0, 0.1) is 7.05 Å². The number of rotatable bonds is 0. The Kier molecular flexibility index (Phi) is 2.04. The Balaban J connectivity index is 2.20. The van der Waals surface area contributed by atoms with Crippen molar-refractivity contribution in [3.05, 3.63) is 55.6 Å². The third-order valence-electron chi connectivity index (χ3n) is 2.64. The lowest BCUT2D eigenvalue weighted by Gasteiger charge is -2.28. The summed E-state index contributed by atoms with van der Waals surface area (Å²) in [5.74, 6) is 0. The van der Waals surface area contributed by atoms with E-state index in [9.17, 15) is 0 Å². The molecule has 0 atom stereocenters. The zero-order valence-electron chi connectivity index (χ0n) is 8.23. The molecule has 0 saturated heterocycles. The van der Waals surface area contributed by atoms with Gasteiger partial charge in [0.25, 0.3) is 0 Å². The zero-order chi connectivity index (χ0) is 10.3. The molecule has 1 nitrogen and oxygen atoms in total. The quantitative estimate of drug-likeness (QED) is 0.659. The van der Waals surface area contributed by atoms with Gasteiger partial charge in [-0.05, 0) is 24.3 Å². The van der Waals surface area contributed by atoms with E-state index in [-0.39, 0.29) is 0 Å². The zero-order valence-corrected chi connectivity index (χ0v) is 9.05. The minimum atomic E-state index is 1.14. The van der Waals surface area contributed by atoms with E-state index >= 15 is 0 Å². The van der Waals surface area contributed by atoms with E-state index in [1.54, 1.807) is 0 Å². The van der Waals surface area contributed by atoms with Gasteiger partial charge in [-0.3, -0.25) is 0 Å². The van der Waals surface area contributed by atoms with Gasteiger partial charge in [0.2, 0.25) is 0 Å². The highest BCUT2D eigenvalue weighted by Gasteiger charge is 2.20. The summed E-state index contributed by atoms with van der Waals surface area (Å²) in [7, 11) is 4.18. The number of quaternary nitrogens is 1. The number of hydrogen-bond acceptors (Lipinski definition) is 1. The highest BCUT2D eigenvalue weighted by molar-refractivity contribution is 7.99. The lowest BCUT2D eigenvalue weighted by molar-refractivity contribution is -0.709. The minimum absolute atomic E-state index is 1.14. The first-order valence-corrected chi connectivity index (χ1v) is 5.73. The van der Waals surface area contributed by atoms with Gasteiger partial charge in [0, 0.05) is 0 Å².